The van der Waals surface area contributed by atoms with Crippen LogP contribution in [-0.2, 0) is 0 Å². The van der Waals surface area contributed by atoms with Crippen LogP contribution in [0.2, 0.25) is 0 Å². The van der Waals surface area contributed by atoms with Crippen LogP contribution in [-0.4, -0.2) is 0 Å². The molecular weight excluding hydrogens is 663 g/mol. The van der Waals surface area contributed by atoms with E-state index in [2.05, 4.69) is 193 Å². The lowest BCUT2D eigenvalue weighted by atomic mass is 9.95. The number of fused-ring (bicyclic) bond motifs is 9. The van der Waals surface area contributed by atoms with E-state index in [1.165, 1.54) is 64.0 Å². The molecule has 0 amide bonds. The molecule has 0 fully saturated rings. The van der Waals surface area contributed by atoms with Crippen LogP contribution in [0.5, 0.6) is 0 Å². The summed E-state index contributed by atoms with van der Waals surface area (Å²) in [6.45, 7) is 0. The molecule has 2 aromatic heterocycles. The molecule has 11 aromatic rings. The molecule has 0 unspecified atom stereocenters. The van der Waals surface area contributed by atoms with Crippen LogP contribution in [0.3, 0.4) is 0 Å². The Bertz CT molecular complexity index is 3170. The van der Waals surface area contributed by atoms with E-state index < -0.39 is 0 Å². The van der Waals surface area contributed by atoms with E-state index >= 15 is 0 Å². The average Bonchev–Trinajstić information content (AvgIpc) is 3.80. The number of thiophene rings is 1. The van der Waals surface area contributed by atoms with Crippen LogP contribution in [0.4, 0.5) is 17.1 Å². The Morgan fingerprint density at radius 3 is 2.00 bits per heavy atom. The Morgan fingerprint density at radius 1 is 0.377 bits per heavy atom. The molecule has 9 aromatic carbocycles. The third-order valence-electron chi connectivity index (χ3n) is 10.6. The van der Waals surface area contributed by atoms with Crippen molar-refractivity contribution in [2.45, 2.75) is 0 Å². The van der Waals surface area contributed by atoms with Gasteiger partial charge < -0.3 is 9.32 Å². The average molecular weight is 694 g/mol. The summed E-state index contributed by atoms with van der Waals surface area (Å²) in [5, 5.41) is 9.69. The second-order valence-corrected chi connectivity index (χ2v) is 14.8. The zero-order valence-corrected chi connectivity index (χ0v) is 29.5. The third-order valence-corrected chi connectivity index (χ3v) is 11.8. The van der Waals surface area contributed by atoms with Crippen LogP contribution >= 0.6 is 11.3 Å². The van der Waals surface area contributed by atoms with Crippen LogP contribution < -0.4 is 4.90 Å². The maximum atomic E-state index is 6.55. The fourth-order valence-electron chi connectivity index (χ4n) is 8.17. The van der Waals surface area contributed by atoms with Gasteiger partial charge in [-0.05, 0) is 104 Å². The highest BCUT2D eigenvalue weighted by Gasteiger charge is 2.21. The Hall–Kier alpha value is -6.68. The van der Waals surface area contributed by atoms with E-state index in [1.807, 2.05) is 11.3 Å². The van der Waals surface area contributed by atoms with Gasteiger partial charge in [0.05, 0.1) is 5.69 Å². The maximum Gasteiger partial charge on any atom is 0.136 e. The van der Waals surface area contributed by atoms with Crippen LogP contribution in [0.15, 0.2) is 192 Å². The highest BCUT2D eigenvalue weighted by Crippen LogP contribution is 2.47. The molecule has 0 atom stereocenters. The van der Waals surface area contributed by atoms with Gasteiger partial charge in [-0.15, -0.1) is 11.3 Å². The molecule has 3 heteroatoms. The predicted molar refractivity (Wildman–Crippen MR) is 227 cm³/mol. The first kappa shape index (κ1) is 30.0. The standard InChI is InChI=1S/C50H31NOS/c1-2-11-34(12-3-1)39-15-8-16-41-40(39)27-29-46-49(41)43-31-38(26-28-45(43)52-46)51(44-17-9-19-48-50(44)42-14-6-7-18-47(42)53-48)37-24-22-33(23-25-37)36-21-20-32-10-4-5-13-35(32)30-36/h1-31H. The summed E-state index contributed by atoms with van der Waals surface area (Å²) < 4.78 is 9.11. The van der Waals surface area contributed by atoms with Gasteiger partial charge in [0.2, 0.25) is 0 Å². The van der Waals surface area contributed by atoms with E-state index in [1.54, 1.807) is 0 Å². The Morgan fingerprint density at radius 2 is 1.09 bits per heavy atom. The van der Waals surface area contributed by atoms with Gasteiger partial charge in [-0.25, -0.2) is 0 Å². The first-order valence-corrected chi connectivity index (χ1v) is 18.8. The molecular formula is C50H31NOS. The molecule has 2 heterocycles. The fourth-order valence-corrected chi connectivity index (χ4v) is 9.30. The Balaban J connectivity index is 1.13. The van der Waals surface area contributed by atoms with Gasteiger partial charge in [-0.3, -0.25) is 0 Å². The van der Waals surface area contributed by atoms with Crippen molar-refractivity contribution < 1.29 is 4.42 Å². The van der Waals surface area contributed by atoms with Crippen molar-refractivity contribution in [3.63, 3.8) is 0 Å². The zero-order valence-electron chi connectivity index (χ0n) is 28.7. The summed E-state index contributed by atoms with van der Waals surface area (Å²) in [4.78, 5) is 2.42. The molecule has 53 heavy (non-hydrogen) atoms. The molecule has 0 aliphatic heterocycles. The summed E-state index contributed by atoms with van der Waals surface area (Å²) >= 11 is 1.85. The SMILES string of the molecule is c1ccc(-c2cccc3c2ccc2oc4ccc(N(c5ccc(-c6ccc7ccccc7c6)cc5)c5cccc6sc7ccccc7c56)cc4c23)cc1. The first-order chi connectivity index (χ1) is 26.3. The second kappa shape index (κ2) is 11.9. The molecule has 0 aliphatic rings. The van der Waals surface area contributed by atoms with Gasteiger partial charge in [-0.1, -0.05) is 127 Å². The monoisotopic (exact) mass is 693 g/mol. The quantitative estimate of drug-likeness (QED) is 0.178. The van der Waals surface area contributed by atoms with Gasteiger partial charge in [0.25, 0.3) is 0 Å². The van der Waals surface area contributed by atoms with Crippen molar-refractivity contribution in [3.8, 4) is 22.3 Å². The number of nitrogens with zero attached hydrogens (tertiary/aromatic N) is 1. The van der Waals surface area contributed by atoms with Crippen molar-refractivity contribution in [1.29, 1.82) is 0 Å². The molecule has 0 N–H and O–H groups in total. The van der Waals surface area contributed by atoms with E-state index in [4.69, 9.17) is 4.42 Å². The molecule has 11 rings (SSSR count). The molecule has 0 saturated heterocycles. The van der Waals surface area contributed by atoms with Crippen molar-refractivity contribution in [2.75, 3.05) is 4.90 Å². The van der Waals surface area contributed by atoms with Crippen molar-refractivity contribution in [2.24, 2.45) is 0 Å². The summed E-state index contributed by atoms with van der Waals surface area (Å²) in [6, 6.07) is 68.0. The molecule has 0 saturated carbocycles. The van der Waals surface area contributed by atoms with Crippen LogP contribution in [0, 0.1) is 0 Å². The highest BCUT2D eigenvalue weighted by molar-refractivity contribution is 7.26. The van der Waals surface area contributed by atoms with Crippen molar-refractivity contribution >= 4 is 92.1 Å². The summed E-state index contributed by atoms with van der Waals surface area (Å²) in [5.41, 5.74) is 9.94. The molecule has 248 valence electrons. The van der Waals surface area contributed by atoms with Crippen molar-refractivity contribution in [3.05, 3.63) is 188 Å². The normalized spacial score (nSPS) is 11.8. The van der Waals surface area contributed by atoms with Gasteiger partial charge in [0, 0.05) is 42.3 Å². The van der Waals surface area contributed by atoms with Crippen LogP contribution in [0.25, 0.3) is 85.9 Å². The summed E-state index contributed by atoms with van der Waals surface area (Å²) in [6.07, 6.45) is 0. The van der Waals surface area contributed by atoms with E-state index in [9.17, 15) is 0 Å². The number of furan rings is 1. The summed E-state index contributed by atoms with van der Waals surface area (Å²) in [7, 11) is 0. The smallest absolute Gasteiger partial charge is 0.136 e. The molecule has 0 spiro atoms. The minimum atomic E-state index is 0.882. The van der Waals surface area contributed by atoms with Gasteiger partial charge >= 0.3 is 0 Å². The minimum Gasteiger partial charge on any atom is -0.456 e. The first-order valence-electron chi connectivity index (χ1n) is 18.0. The largest absolute Gasteiger partial charge is 0.456 e. The molecule has 0 bridgehead atoms. The number of hydrogen-bond donors (Lipinski definition) is 0. The third kappa shape index (κ3) is 4.86. The van der Waals surface area contributed by atoms with Gasteiger partial charge in [0.1, 0.15) is 11.2 Å². The summed E-state index contributed by atoms with van der Waals surface area (Å²) in [5.74, 6) is 0. The molecule has 0 aliphatic carbocycles. The topological polar surface area (TPSA) is 16.4 Å². The molecule has 2 nitrogen and oxygen atoms in total. The van der Waals surface area contributed by atoms with E-state index in [0.29, 0.717) is 0 Å². The number of anilines is 3. The highest BCUT2D eigenvalue weighted by atomic mass is 32.1. The fraction of sp³-hybridized carbons (Fsp3) is 0. The lowest BCUT2D eigenvalue weighted by Crippen LogP contribution is -2.10. The van der Waals surface area contributed by atoms with Gasteiger partial charge in [0.15, 0.2) is 0 Å². The second-order valence-electron chi connectivity index (χ2n) is 13.7. The zero-order chi connectivity index (χ0) is 34.9. The maximum absolute atomic E-state index is 6.55. The van der Waals surface area contributed by atoms with Crippen molar-refractivity contribution in [1.82, 2.24) is 0 Å². The van der Waals surface area contributed by atoms with E-state index in [0.717, 1.165) is 39.0 Å². The lowest BCUT2D eigenvalue weighted by Gasteiger charge is -2.27. The van der Waals surface area contributed by atoms with E-state index in [-0.39, 0.29) is 0 Å². The predicted octanol–water partition coefficient (Wildman–Crippen LogP) is 15.1. The van der Waals surface area contributed by atoms with Gasteiger partial charge in [-0.2, -0.15) is 0 Å². The Kier molecular flexibility index (Phi) is 6.76. The number of hydrogen-bond acceptors (Lipinski definition) is 3. The Labute approximate surface area is 310 Å². The van der Waals surface area contributed by atoms with Crippen LogP contribution in [0.1, 0.15) is 0 Å². The molecule has 0 radical (unpaired) electrons. The minimum absolute atomic E-state index is 0.882. The lowest BCUT2D eigenvalue weighted by molar-refractivity contribution is 0.669. The number of benzene rings is 9. The number of rotatable bonds is 5.